The molecule has 1 amide bonds. The minimum absolute atomic E-state index is 0.0633. The van der Waals surface area contributed by atoms with Crippen LogP contribution in [0.3, 0.4) is 0 Å². The van der Waals surface area contributed by atoms with Gasteiger partial charge in [0.1, 0.15) is 0 Å². The van der Waals surface area contributed by atoms with Crippen LogP contribution in [0.4, 0.5) is 0 Å². The molecule has 18 heavy (non-hydrogen) atoms. The summed E-state index contributed by atoms with van der Waals surface area (Å²) in [4.78, 5) is 13.5. The molecule has 1 saturated heterocycles. The second-order valence-electron chi connectivity index (χ2n) is 4.90. The Morgan fingerprint density at radius 2 is 2.17 bits per heavy atom. The lowest BCUT2D eigenvalue weighted by atomic mass is 10.0. The predicted octanol–water partition coefficient (Wildman–Crippen LogP) is 2.44. The molecule has 1 N–H and O–H groups in total. The SMILES string of the molecule is CC(=O)NC1CCCN(Cc2ccc(Cl)cc2)C1. The fourth-order valence-corrected chi connectivity index (χ4v) is 2.58. The van der Waals surface area contributed by atoms with E-state index >= 15 is 0 Å². The first-order valence-electron chi connectivity index (χ1n) is 6.37. The van der Waals surface area contributed by atoms with Crippen molar-refractivity contribution in [3.63, 3.8) is 0 Å². The molecule has 1 heterocycles. The Morgan fingerprint density at radius 1 is 1.44 bits per heavy atom. The summed E-state index contributed by atoms with van der Waals surface area (Å²) in [5.74, 6) is 0.0633. The number of nitrogens with one attached hydrogen (secondary N) is 1. The van der Waals surface area contributed by atoms with Crippen molar-refractivity contribution in [1.82, 2.24) is 10.2 Å². The highest BCUT2D eigenvalue weighted by Gasteiger charge is 2.20. The minimum atomic E-state index is 0.0633. The number of hydrogen-bond donors (Lipinski definition) is 1. The van der Waals surface area contributed by atoms with Gasteiger partial charge in [-0.1, -0.05) is 23.7 Å². The number of rotatable bonds is 3. The van der Waals surface area contributed by atoms with E-state index in [1.807, 2.05) is 12.1 Å². The number of benzene rings is 1. The molecule has 1 fully saturated rings. The average Bonchev–Trinajstić information content (AvgIpc) is 2.32. The van der Waals surface area contributed by atoms with E-state index in [2.05, 4.69) is 22.3 Å². The Kier molecular flexibility index (Phi) is 4.61. The monoisotopic (exact) mass is 266 g/mol. The number of piperidine rings is 1. The molecule has 0 saturated carbocycles. The van der Waals surface area contributed by atoms with Crippen LogP contribution in [0.5, 0.6) is 0 Å². The quantitative estimate of drug-likeness (QED) is 0.911. The number of halogens is 1. The molecule has 1 aliphatic heterocycles. The molecule has 2 rings (SSSR count). The fourth-order valence-electron chi connectivity index (χ4n) is 2.45. The summed E-state index contributed by atoms with van der Waals surface area (Å²) in [5, 5.41) is 3.78. The average molecular weight is 267 g/mol. The van der Waals surface area contributed by atoms with Crippen molar-refractivity contribution in [2.75, 3.05) is 13.1 Å². The van der Waals surface area contributed by atoms with Gasteiger partial charge in [0.25, 0.3) is 0 Å². The maximum atomic E-state index is 11.1. The van der Waals surface area contributed by atoms with Crippen LogP contribution < -0.4 is 5.32 Å². The molecule has 0 aromatic heterocycles. The molecule has 0 aliphatic carbocycles. The second-order valence-corrected chi connectivity index (χ2v) is 5.34. The molecule has 0 bridgehead atoms. The van der Waals surface area contributed by atoms with E-state index in [1.165, 1.54) is 5.56 Å². The largest absolute Gasteiger partial charge is 0.352 e. The standard InChI is InChI=1S/C14H19ClN2O/c1-11(18)16-14-3-2-8-17(10-14)9-12-4-6-13(15)7-5-12/h4-7,14H,2-3,8-10H2,1H3,(H,16,18). The van der Waals surface area contributed by atoms with Gasteiger partial charge in [-0.3, -0.25) is 9.69 Å². The van der Waals surface area contributed by atoms with Crippen LogP contribution in [0.2, 0.25) is 5.02 Å². The highest BCUT2D eigenvalue weighted by molar-refractivity contribution is 6.30. The van der Waals surface area contributed by atoms with Crippen molar-refractivity contribution in [2.45, 2.75) is 32.4 Å². The van der Waals surface area contributed by atoms with Crippen LogP contribution >= 0.6 is 11.6 Å². The van der Waals surface area contributed by atoms with Crippen molar-refractivity contribution in [3.8, 4) is 0 Å². The van der Waals surface area contributed by atoms with Gasteiger partial charge in [0.15, 0.2) is 0 Å². The van der Waals surface area contributed by atoms with E-state index in [4.69, 9.17) is 11.6 Å². The lowest BCUT2D eigenvalue weighted by molar-refractivity contribution is -0.120. The minimum Gasteiger partial charge on any atom is -0.352 e. The second kappa shape index (κ2) is 6.21. The van der Waals surface area contributed by atoms with Crippen molar-refractivity contribution < 1.29 is 4.79 Å². The summed E-state index contributed by atoms with van der Waals surface area (Å²) in [7, 11) is 0. The van der Waals surface area contributed by atoms with Gasteiger partial charge in [-0.2, -0.15) is 0 Å². The van der Waals surface area contributed by atoms with Gasteiger partial charge in [-0.15, -0.1) is 0 Å². The van der Waals surface area contributed by atoms with Gasteiger partial charge in [-0.25, -0.2) is 0 Å². The van der Waals surface area contributed by atoms with Crippen molar-refractivity contribution in [2.24, 2.45) is 0 Å². The molecule has 0 spiro atoms. The van der Waals surface area contributed by atoms with Crippen molar-refractivity contribution in [1.29, 1.82) is 0 Å². The normalized spacial score (nSPS) is 20.7. The summed E-state index contributed by atoms with van der Waals surface area (Å²) in [6.45, 7) is 4.53. The molecule has 1 aromatic rings. The van der Waals surface area contributed by atoms with Crippen LogP contribution in [0.25, 0.3) is 0 Å². The van der Waals surface area contributed by atoms with Crippen molar-refractivity contribution in [3.05, 3.63) is 34.9 Å². The molecule has 1 atom stereocenters. The fraction of sp³-hybridized carbons (Fsp3) is 0.500. The molecule has 1 aliphatic rings. The maximum Gasteiger partial charge on any atom is 0.217 e. The Hall–Kier alpha value is -1.06. The van der Waals surface area contributed by atoms with Gasteiger partial charge in [0.2, 0.25) is 5.91 Å². The summed E-state index contributed by atoms with van der Waals surface area (Å²) in [5.41, 5.74) is 1.27. The molecule has 3 nitrogen and oxygen atoms in total. The topological polar surface area (TPSA) is 32.3 Å². The van der Waals surface area contributed by atoms with Gasteiger partial charge in [0.05, 0.1) is 0 Å². The summed E-state index contributed by atoms with van der Waals surface area (Å²) in [6, 6.07) is 8.26. The third-order valence-corrected chi connectivity index (χ3v) is 3.48. The summed E-state index contributed by atoms with van der Waals surface area (Å²) in [6.07, 6.45) is 2.22. The molecular formula is C14H19ClN2O. The third-order valence-electron chi connectivity index (χ3n) is 3.23. The molecule has 98 valence electrons. The van der Waals surface area contributed by atoms with Crippen molar-refractivity contribution >= 4 is 17.5 Å². The Balaban J connectivity index is 1.89. The van der Waals surface area contributed by atoms with Gasteiger partial charge in [0, 0.05) is 31.1 Å². The summed E-state index contributed by atoms with van der Waals surface area (Å²) >= 11 is 5.87. The number of hydrogen-bond acceptors (Lipinski definition) is 2. The van der Waals surface area contributed by atoms with E-state index in [1.54, 1.807) is 6.92 Å². The first-order chi connectivity index (χ1) is 8.63. The van der Waals surface area contributed by atoms with Crippen LogP contribution in [-0.2, 0) is 11.3 Å². The third kappa shape index (κ3) is 4.00. The first kappa shape index (κ1) is 13.4. The highest BCUT2D eigenvalue weighted by atomic mass is 35.5. The molecular weight excluding hydrogens is 248 g/mol. The molecule has 1 unspecified atom stereocenters. The molecule has 1 aromatic carbocycles. The Labute approximate surface area is 113 Å². The number of likely N-dealkylation sites (tertiary alicyclic amines) is 1. The van der Waals surface area contributed by atoms with Crippen LogP contribution in [0, 0.1) is 0 Å². The predicted molar refractivity (Wildman–Crippen MR) is 73.6 cm³/mol. The van der Waals surface area contributed by atoms with E-state index in [-0.39, 0.29) is 5.91 Å². The Bertz CT molecular complexity index is 405. The van der Waals surface area contributed by atoms with Crippen LogP contribution in [-0.4, -0.2) is 29.9 Å². The first-order valence-corrected chi connectivity index (χ1v) is 6.75. The highest BCUT2D eigenvalue weighted by Crippen LogP contribution is 2.15. The number of carbonyl (C=O) groups is 1. The Morgan fingerprint density at radius 3 is 2.83 bits per heavy atom. The van der Waals surface area contributed by atoms with Gasteiger partial charge >= 0.3 is 0 Å². The number of carbonyl (C=O) groups excluding carboxylic acids is 1. The van der Waals surface area contributed by atoms with Crippen LogP contribution in [0.15, 0.2) is 24.3 Å². The number of nitrogens with zero attached hydrogens (tertiary/aromatic N) is 1. The van der Waals surface area contributed by atoms with E-state index < -0.39 is 0 Å². The van der Waals surface area contributed by atoms with Gasteiger partial charge in [-0.05, 0) is 37.1 Å². The van der Waals surface area contributed by atoms with Crippen LogP contribution in [0.1, 0.15) is 25.3 Å². The van der Waals surface area contributed by atoms with E-state index in [9.17, 15) is 4.79 Å². The zero-order valence-electron chi connectivity index (χ0n) is 10.7. The zero-order chi connectivity index (χ0) is 13.0. The maximum absolute atomic E-state index is 11.1. The summed E-state index contributed by atoms with van der Waals surface area (Å²) < 4.78 is 0. The lowest BCUT2D eigenvalue weighted by Gasteiger charge is -2.33. The lowest BCUT2D eigenvalue weighted by Crippen LogP contribution is -2.46. The molecule has 0 radical (unpaired) electrons. The zero-order valence-corrected chi connectivity index (χ0v) is 11.4. The number of amides is 1. The smallest absolute Gasteiger partial charge is 0.217 e. The van der Waals surface area contributed by atoms with Gasteiger partial charge < -0.3 is 5.32 Å². The van der Waals surface area contributed by atoms with E-state index in [0.29, 0.717) is 6.04 Å². The molecule has 4 heteroatoms. The van der Waals surface area contributed by atoms with E-state index in [0.717, 1.165) is 37.5 Å².